The molecule has 0 radical (unpaired) electrons. The molecule has 0 saturated heterocycles. The van der Waals surface area contributed by atoms with E-state index in [2.05, 4.69) is 5.32 Å². The number of nitrogens with two attached hydrogens (primary N) is 1. The summed E-state index contributed by atoms with van der Waals surface area (Å²) in [5.41, 5.74) is 9.09. The molecule has 2 aromatic carbocycles. The van der Waals surface area contributed by atoms with Crippen LogP contribution in [0.2, 0.25) is 0 Å². The zero-order valence-corrected chi connectivity index (χ0v) is 9.00. The number of nitrogen functional groups attached to an aromatic ring is 1. The van der Waals surface area contributed by atoms with E-state index in [9.17, 15) is 4.39 Å². The zero-order chi connectivity index (χ0) is 11.5. The molecular weight excluding hydrogens is 203 g/mol. The number of aryl methyl sites for hydroxylation is 1. The Morgan fingerprint density at radius 2 is 1.88 bits per heavy atom. The van der Waals surface area contributed by atoms with Crippen LogP contribution in [0, 0.1) is 12.7 Å². The van der Waals surface area contributed by atoms with E-state index in [0.29, 0.717) is 11.4 Å². The van der Waals surface area contributed by atoms with Crippen LogP contribution >= 0.6 is 0 Å². The standard InChI is InChI=1S/C13H13FN2/c1-9-4-2-7-12(13(9)15)16-11-6-3-5-10(14)8-11/h2-8,16H,15H2,1H3. The fraction of sp³-hybridized carbons (Fsp3) is 0.0769. The molecule has 0 saturated carbocycles. The largest absolute Gasteiger partial charge is 0.397 e. The van der Waals surface area contributed by atoms with E-state index in [4.69, 9.17) is 5.73 Å². The third kappa shape index (κ3) is 2.14. The van der Waals surface area contributed by atoms with Crippen molar-refractivity contribution in [3.8, 4) is 0 Å². The first-order chi connectivity index (χ1) is 7.66. The van der Waals surface area contributed by atoms with Gasteiger partial charge in [0.15, 0.2) is 0 Å². The summed E-state index contributed by atoms with van der Waals surface area (Å²) in [5, 5.41) is 3.09. The Morgan fingerprint density at radius 1 is 1.12 bits per heavy atom. The lowest BCUT2D eigenvalue weighted by atomic mass is 10.1. The number of rotatable bonds is 2. The number of benzene rings is 2. The Morgan fingerprint density at radius 3 is 2.62 bits per heavy atom. The smallest absolute Gasteiger partial charge is 0.125 e. The third-order valence-corrected chi connectivity index (χ3v) is 2.43. The predicted octanol–water partition coefficient (Wildman–Crippen LogP) is 3.46. The van der Waals surface area contributed by atoms with E-state index in [0.717, 1.165) is 11.3 Å². The lowest BCUT2D eigenvalue weighted by Crippen LogP contribution is -1.98. The Hall–Kier alpha value is -2.03. The zero-order valence-electron chi connectivity index (χ0n) is 9.00. The lowest BCUT2D eigenvalue weighted by molar-refractivity contribution is 0.628. The van der Waals surface area contributed by atoms with Crippen molar-refractivity contribution in [2.45, 2.75) is 6.92 Å². The van der Waals surface area contributed by atoms with E-state index in [1.54, 1.807) is 12.1 Å². The number of anilines is 3. The molecule has 82 valence electrons. The van der Waals surface area contributed by atoms with Crippen LogP contribution in [0.1, 0.15) is 5.56 Å². The average molecular weight is 216 g/mol. The van der Waals surface area contributed by atoms with E-state index in [1.165, 1.54) is 12.1 Å². The van der Waals surface area contributed by atoms with Crippen LogP contribution in [0.15, 0.2) is 42.5 Å². The molecule has 0 aromatic heterocycles. The SMILES string of the molecule is Cc1cccc(Nc2cccc(F)c2)c1N. The van der Waals surface area contributed by atoms with Gasteiger partial charge in [0, 0.05) is 5.69 Å². The van der Waals surface area contributed by atoms with Gasteiger partial charge < -0.3 is 11.1 Å². The Balaban J connectivity index is 2.31. The third-order valence-electron chi connectivity index (χ3n) is 2.43. The van der Waals surface area contributed by atoms with Gasteiger partial charge in [0.25, 0.3) is 0 Å². The molecule has 2 nitrogen and oxygen atoms in total. The Kier molecular flexibility index (Phi) is 2.77. The second kappa shape index (κ2) is 4.23. The first-order valence-corrected chi connectivity index (χ1v) is 5.04. The minimum absolute atomic E-state index is 0.267. The van der Waals surface area contributed by atoms with Crippen molar-refractivity contribution in [1.82, 2.24) is 0 Å². The Bertz CT molecular complexity index is 509. The van der Waals surface area contributed by atoms with Crippen molar-refractivity contribution in [3.63, 3.8) is 0 Å². The van der Waals surface area contributed by atoms with Gasteiger partial charge in [0.05, 0.1) is 11.4 Å². The molecule has 0 fully saturated rings. The molecular formula is C13H13FN2. The molecule has 0 amide bonds. The fourth-order valence-corrected chi connectivity index (χ4v) is 1.51. The van der Waals surface area contributed by atoms with E-state index >= 15 is 0 Å². The van der Waals surface area contributed by atoms with Crippen LogP contribution in [0.3, 0.4) is 0 Å². The van der Waals surface area contributed by atoms with Crippen molar-refractivity contribution in [2.75, 3.05) is 11.1 Å². The average Bonchev–Trinajstić information content (AvgIpc) is 2.25. The van der Waals surface area contributed by atoms with Gasteiger partial charge in [-0.15, -0.1) is 0 Å². The molecule has 0 aliphatic carbocycles. The molecule has 3 heteroatoms. The van der Waals surface area contributed by atoms with Crippen molar-refractivity contribution in [3.05, 3.63) is 53.8 Å². The monoisotopic (exact) mass is 216 g/mol. The summed E-state index contributed by atoms with van der Waals surface area (Å²) in [6, 6.07) is 12.0. The maximum Gasteiger partial charge on any atom is 0.125 e. The van der Waals surface area contributed by atoms with Gasteiger partial charge in [0.2, 0.25) is 0 Å². The second-order valence-electron chi connectivity index (χ2n) is 3.67. The van der Waals surface area contributed by atoms with Crippen molar-refractivity contribution < 1.29 is 4.39 Å². The normalized spacial score (nSPS) is 10.1. The molecule has 16 heavy (non-hydrogen) atoms. The van der Waals surface area contributed by atoms with Gasteiger partial charge >= 0.3 is 0 Å². The topological polar surface area (TPSA) is 38.0 Å². The van der Waals surface area contributed by atoms with Gasteiger partial charge in [-0.3, -0.25) is 0 Å². The molecule has 0 unspecified atom stereocenters. The summed E-state index contributed by atoms with van der Waals surface area (Å²) in [6.45, 7) is 1.94. The highest BCUT2D eigenvalue weighted by Gasteiger charge is 2.02. The molecule has 2 aromatic rings. The molecule has 0 atom stereocenters. The van der Waals surface area contributed by atoms with E-state index < -0.39 is 0 Å². The molecule has 0 heterocycles. The number of halogens is 1. The summed E-state index contributed by atoms with van der Waals surface area (Å²) >= 11 is 0. The maximum atomic E-state index is 13.0. The second-order valence-corrected chi connectivity index (χ2v) is 3.67. The number of hydrogen-bond donors (Lipinski definition) is 2. The van der Waals surface area contributed by atoms with Gasteiger partial charge in [-0.2, -0.15) is 0 Å². The van der Waals surface area contributed by atoms with Crippen molar-refractivity contribution in [2.24, 2.45) is 0 Å². The minimum Gasteiger partial charge on any atom is -0.397 e. The van der Waals surface area contributed by atoms with Crippen LogP contribution in [-0.4, -0.2) is 0 Å². The predicted molar refractivity (Wildman–Crippen MR) is 65.3 cm³/mol. The molecule has 3 N–H and O–H groups in total. The Labute approximate surface area is 93.9 Å². The van der Waals surface area contributed by atoms with Gasteiger partial charge in [0.1, 0.15) is 5.82 Å². The summed E-state index contributed by atoms with van der Waals surface area (Å²) < 4.78 is 13.0. The van der Waals surface area contributed by atoms with E-state index in [-0.39, 0.29) is 5.82 Å². The highest BCUT2D eigenvalue weighted by molar-refractivity contribution is 5.74. The lowest BCUT2D eigenvalue weighted by Gasteiger charge is -2.10. The van der Waals surface area contributed by atoms with Gasteiger partial charge in [-0.1, -0.05) is 18.2 Å². The van der Waals surface area contributed by atoms with Crippen LogP contribution in [0.4, 0.5) is 21.5 Å². The highest BCUT2D eigenvalue weighted by atomic mass is 19.1. The number of hydrogen-bond acceptors (Lipinski definition) is 2. The van der Waals surface area contributed by atoms with Crippen LogP contribution < -0.4 is 11.1 Å². The fourth-order valence-electron chi connectivity index (χ4n) is 1.51. The summed E-state index contributed by atoms with van der Waals surface area (Å²) in [5.74, 6) is -0.267. The van der Waals surface area contributed by atoms with Crippen LogP contribution in [0.25, 0.3) is 0 Å². The summed E-state index contributed by atoms with van der Waals surface area (Å²) in [7, 11) is 0. The number of para-hydroxylation sites is 1. The number of nitrogens with one attached hydrogen (secondary N) is 1. The molecule has 0 bridgehead atoms. The summed E-state index contributed by atoms with van der Waals surface area (Å²) in [6.07, 6.45) is 0. The minimum atomic E-state index is -0.267. The summed E-state index contributed by atoms with van der Waals surface area (Å²) in [4.78, 5) is 0. The first kappa shape index (κ1) is 10.5. The maximum absolute atomic E-state index is 13.0. The first-order valence-electron chi connectivity index (χ1n) is 5.04. The van der Waals surface area contributed by atoms with Crippen molar-refractivity contribution in [1.29, 1.82) is 0 Å². The molecule has 0 spiro atoms. The van der Waals surface area contributed by atoms with Gasteiger partial charge in [-0.25, -0.2) is 4.39 Å². The van der Waals surface area contributed by atoms with Crippen LogP contribution in [0.5, 0.6) is 0 Å². The molecule has 0 aliphatic heterocycles. The van der Waals surface area contributed by atoms with Crippen molar-refractivity contribution >= 4 is 17.1 Å². The van der Waals surface area contributed by atoms with Gasteiger partial charge in [-0.05, 0) is 36.8 Å². The van der Waals surface area contributed by atoms with E-state index in [1.807, 2.05) is 25.1 Å². The highest BCUT2D eigenvalue weighted by Crippen LogP contribution is 2.25. The molecule has 2 rings (SSSR count). The quantitative estimate of drug-likeness (QED) is 0.754. The van der Waals surface area contributed by atoms with Crippen LogP contribution in [-0.2, 0) is 0 Å². The molecule has 0 aliphatic rings.